The van der Waals surface area contributed by atoms with E-state index in [0.717, 1.165) is 11.6 Å². The van der Waals surface area contributed by atoms with Gasteiger partial charge in [0.05, 0.1) is 5.69 Å². The van der Waals surface area contributed by atoms with E-state index in [0.29, 0.717) is 6.04 Å². The summed E-state index contributed by atoms with van der Waals surface area (Å²) in [4.78, 5) is 6.21. The topological polar surface area (TPSA) is 24.9 Å². The third kappa shape index (κ3) is 2.16. The van der Waals surface area contributed by atoms with Crippen LogP contribution in [0.1, 0.15) is 38.1 Å². The first-order valence-corrected chi connectivity index (χ1v) is 7.65. The van der Waals surface area contributed by atoms with Crippen LogP contribution in [0.25, 0.3) is 11.3 Å². The Morgan fingerprint density at radius 2 is 2.00 bits per heavy atom. The number of hydrogen-bond acceptors (Lipinski definition) is 3. The molecular formula is C16H20N2S. The highest BCUT2D eigenvalue weighted by molar-refractivity contribution is 7.16. The van der Waals surface area contributed by atoms with Gasteiger partial charge in [-0.25, -0.2) is 4.98 Å². The molecule has 0 fully saturated rings. The smallest absolute Gasteiger partial charge is 0.183 e. The molecule has 0 saturated heterocycles. The summed E-state index contributed by atoms with van der Waals surface area (Å²) in [5.74, 6) is 0. The van der Waals surface area contributed by atoms with Crippen molar-refractivity contribution in [1.29, 1.82) is 0 Å². The molecule has 0 radical (unpaired) electrons. The molecule has 2 aromatic rings. The van der Waals surface area contributed by atoms with Gasteiger partial charge in [-0.05, 0) is 31.2 Å². The molecule has 2 nitrogen and oxygen atoms in total. The minimum Gasteiger partial charge on any atom is -0.359 e. The Labute approximate surface area is 118 Å². The van der Waals surface area contributed by atoms with Crippen LogP contribution in [0.2, 0.25) is 0 Å². The van der Waals surface area contributed by atoms with Gasteiger partial charge in [0.1, 0.15) is 0 Å². The zero-order valence-electron chi connectivity index (χ0n) is 11.9. The summed E-state index contributed by atoms with van der Waals surface area (Å²) >= 11 is 1.81. The Balaban J connectivity index is 2.12. The Bertz CT molecular complexity index is 611. The predicted octanol–water partition coefficient (Wildman–Crippen LogP) is 4.46. The van der Waals surface area contributed by atoms with Crippen molar-refractivity contribution in [3.05, 3.63) is 34.7 Å². The van der Waals surface area contributed by atoms with Gasteiger partial charge in [-0.2, -0.15) is 0 Å². The van der Waals surface area contributed by atoms with E-state index in [-0.39, 0.29) is 5.41 Å². The standard InChI is InChI=1S/C16H20N2S/c1-10(2)17-15-18-14-11-7-5-6-8-12(11)16(3,4)9-13(14)19-15/h5-8,10H,9H2,1-4H3,(H,17,18). The molecular weight excluding hydrogens is 252 g/mol. The maximum atomic E-state index is 4.81. The molecule has 0 atom stereocenters. The van der Waals surface area contributed by atoms with Crippen molar-refractivity contribution in [2.45, 2.75) is 45.6 Å². The van der Waals surface area contributed by atoms with Crippen LogP contribution >= 0.6 is 11.3 Å². The molecule has 0 bridgehead atoms. The van der Waals surface area contributed by atoms with E-state index in [1.807, 2.05) is 11.3 Å². The number of hydrogen-bond donors (Lipinski definition) is 1. The highest BCUT2D eigenvalue weighted by atomic mass is 32.1. The first-order valence-electron chi connectivity index (χ1n) is 6.83. The van der Waals surface area contributed by atoms with Gasteiger partial charge in [-0.3, -0.25) is 0 Å². The quantitative estimate of drug-likeness (QED) is 0.872. The molecule has 0 amide bonds. The highest BCUT2D eigenvalue weighted by Gasteiger charge is 2.33. The first kappa shape index (κ1) is 12.7. The Morgan fingerprint density at radius 3 is 2.74 bits per heavy atom. The van der Waals surface area contributed by atoms with Gasteiger partial charge in [0.25, 0.3) is 0 Å². The summed E-state index contributed by atoms with van der Waals surface area (Å²) in [5.41, 5.74) is 4.11. The van der Waals surface area contributed by atoms with Gasteiger partial charge in [0.15, 0.2) is 5.13 Å². The van der Waals surface area contributed by atoms with Gasteiger partial charge in [0, 0.05) is 16.5 Å². The SMILES string of the molecule is CC(C)Nc1nc2c(s1)CC(C)(C)c1ccccc1-2. The van der Waals surface area contributed by atoms with E-state index >= 15 is 0 Å². The highest BCUT2D eigenvalue weighted by Crippen LogP contribution is 2.45. The van der Waals surface area contributed by atoms with E-state index in [2.05, 4.69) is 57.3 Å². The van der Waals surface area contributed by atoms with Crippen LogP contribution in [0.3, 0.4) is 0 Å². The summed E-state index contributed by atoms with van der Waals surface area (Å²) < 4.78 is 0. The molecule has 19 heavy (non-hydrogen) atoms. The molecule has 1 aliphatic carbocycles. The maximum Gasteiger partial charge on any atom is 0.183 e. The van der Waals surface area contributed by atoms with Crippen molar-refractivity contribution in [3.8, 4) is 11.3 Å². The number of aromatic nitrogens is 1. The summed E-state index contributed by atoms with van der Waals surface area (Å²) in [6, 6.07) is 9.11. The third-order valence-corrected chi connectivity index (χ3v) is 4.61. The van der Waals surface area contributed by atoms with Gasteiger partial charge < -0.3 is 5.32 Å². The lowest BCUT2D eigenvalue weighted by molar-refractivity contribution is 0.521. The number of anilines is 1. The molecule has 100 valence electrons. The molecule has 0 spiro atoms. The number of fused-ring (bicyclic) bond motifs is 3. The van der Waals surface area contributed by atoms with Gasteiger partial charge in [0.2, 0.25) is 0 Å². The van der Waals surface area contributed by atoms with Gasteiger partial charge >= 0.3 is 0 Å². The molecule has 0 aliphatic heterocycles. The molecule has 3 heteroatoms. The van der Waals surface area contributed by atoms with Crippen molar-refractivity contribution >= 4 is 16.5 Å². The fraction of sp³-hybridized carbons (Fsp3) is 0.438. The van der Waals surface area contributed by atoms with Crippen molar-refractivity contribution < 1.29 is 0 Å². The molecule has 1 N–H and O–H groups in total. The van der Waals surface area contributed by atoms with Crippen LogP contribution in [-0.4, -0.2) is 11.0 Å². The maximum absolute atomic E-state index is 4.81. The van der Waals surface area contributed by atoms with Crippen LogP contribution in [0, 0.1) is 0 Å². The van der Waals surface area contributed by atoms with Crippen LogP contribution in [0.4, 0.5) is 5.13 Å². The molecule has 1 heterocycles. The Kier molecular flexibility index (Phi) is 2.90. The zero-order chi connectivity index (χ0) is 13.6. The number of nitrogens with zero attached hydrogens (tertiary/aromatic N) is 1. The minimum atomic E-state index is 0.200. The summed E-state index contributed by atoms with van der Waals surface area (Å²) in [6.45, 7) is 8.95. The average Bonchev–Trinajstić information content (AvgIpc) is 2.70. The number of benzene rings is 1. The average molecular weight is 272 g/mol. The van der Waals surface area contributed by atoms with Crippen molar-refractivity contribution in [2.75, 3.05) is 5.32 Å². The van der Waals surface area contributed by atoms with Crippen molar-refractivity contribution in [2.24, 2.45) is 0 Å². The third-order valence-electron chi connectivity index (χ3n) is 3.62. The fourth-order valence-corrected chi connectivity index (χ4v) is 4.12. The lowest BCUT2D eigenvalue weighted by atomic mass is 9.74. The monoisotopic (exact) mass is 272 g/mol. The van der Waals surface area contributed by atoms with Crippen LogP contribution in [0.5, 0.6) is 0 Å². The van der Waals surface area contributed by atoms with Crippen molar-refractivity contribution in [1.82, 2.24) is 4.98 Å². The minimum absolute atomic E-state index is 0.200. The molecule has 0 unspecified atom stereocenters. The molecule has 3 rings (SSSR count). The van der Waals surface area contributed by atoms with Gasteiger partial charge in [-0.1, -0.05) is 38.1 Å². The van der Waals surface area contributed by atoms with Crippen LogP contribution in [0.15, 0.2) is 24.3 Å². The second kappa shape index (κ2) is 4.34. The molecule has 1 aliphatic rings. The largest absolute Gasteiger partial charge is 0.359 e. The van der Waals surface area contributed by atoms with E-state index in [1.165, 1.54) is 21.7 Å². The van der Waals surface area contributed by atoms with E-state index in [1.54, 1.807) is 0 Å². The lowest BCUT2D eigenvalue weighted by Gasteiger charge is -2.31. The second-order valence-electron chi connectivity index (χ2n) is 6.20. The number of rotatable bonds is 2. The Hall–Kier alpha value is -1.35. The van der Waals surface area contributed by atoms with E-state index in [9.17, 15) is 0 Å². The van der Waals surface area contributed by atoms with Crippen molar-refractivity contribution in [3.63, 3.8) is 0 Å². The summed E-state index contributed by atoms with van der Waals surface area (Å²) in [7, 11) is 0. The summed E-state index contributed by atoms with van der Waals surface area (Å²) in [5, 5.41) is 4.48. The molecule has 0 saturated carbocycles. The van der Waals surface area contributed by atoms with Crippen LogP contribution in [-0.2, 0) is 11.8 Å². The zero-order valence-corrected chi connectivity index (χ0v) is 12.8. The first-order chi connectivity index (χ1) is 8.97. The predicted molar refractivity (Wildman–Crippen MR) is 83.0 cm³/mol. The van der Waals surface area contributed by atoms with Crippen LogP contribution < -0.4 is 5.32 Å². The molecule has 1 aromatic carbocycles. The fourth-order valence-electron chi connectivity index (χ4n) is 2.77. The van der Waals surface area contributed by atoms with E-state index < -0.39 is 0 Å². The second-order valence-corrected chi connectivity index (χ2v) is 7.28. The number of thiazole rings is 1. The number of nitrogens with one attached hydrogen (secondary N) is 1. The van der Waals surface area contributed by atoms with E-state index in [4.69, 9.17) is 4.98 Å². The Morgan fingerprint density at radius 1 is 1.26 bits per heavy atom. The lowest BCUT2D eigenvalue weighted by Crippen LogP contribution is -2.24. The van der Waals surface area contributed by atoms with Gasteiger partial charge in [-0.15, -0.1) is 11.3 Å². The molecule has 1 aromatic heterocycles. The normalized spacial score (nSPS) is 16.1. The summed E-state index contributed by atoms with van der Waals surface area (Å²) in [6.07, 6.45) is 1.08.